The highest BCUT2D eigenvalue weighted by atomic mass is 127. The number of imide groups is 1. The maximum Gasteiger partial charge on any atom is 0.261 e. The first-order chi connectivity index (χ1) is 12.6. The van der Waals surface area contributed by atoms with Gasteiger partial charge in [-0.25, -0.2) is 0 Å². The number of hydrogen-bond acceptors (Lipinski definition) is 4. The predicted molar refractivity (Wildman–Crippen MR) is 105 cm³/mol. The lowest BCUT2D eigenvalue weighted by molar-refractivity contribution is 0.0650. The van der Waals surface area contributed by atoms with Crippen molar-refractivity contribution in [2.24, 2.45) is 0 Å². The van der Waals surface area contributed by atoms with E-state index in [2.05, 4.69) is 5.10 Å². The average Bonchev–Trinajstić information content (AvgIpc) is 2.91. The van der Waals surface area contributed by atoms with E-state index >= 15 is 0 Å². The number of amides is 2. The van der Waals surface area contributed by atoms with E-state index < -0.39 is 0 Å². The molecule has 1 aliphatic rings. The normalized spacial score (nSPS) is 13.5. The summed E-state index contributed by atoms with van der Waals surface area (Å²) in [5, 5.41) is 4.96. The van der Waals surface area contributed by atoms with E-state index in [4.69, 9.17) is 0 Å². The average molecular weight is 459 g/mol. The molecule has 0 fully saturated rings. The van der Waals surface area contributed by atoms with E-state index in [0.29, 0.717) is 39.7 Å². The summed E-state index contributed by atoms with van der Waals surface area (Å²) in [6.07, 6.45) is 0.557. The molecule has 2 amide bonds. The maximum atomic E-state index is 12.4. The molecule has 7 heteroatoms. The highest BCUT2D eigenvalue weighted by Crippen LogP contribution is 2.22. The lowest BCUT2D eigenvalue weighted by Gasteiger charge is -2.15. The molecule has 3 aromatic rings. The van der Waals surface area contributed by atoms with Crippen molar-refractivity contribution in [2.45, 2.75) is 13.0 Å². The molecule has 0 radical (unpaired) electrons. The van der Waals surface area contributed by atoms with Gasteiger partial charge in [0.25, 0.3) is 11.8 Å². The Kier molecular flexibility index (Phi) is 4.31. The van der Waals surface area contributed by atoms with Gasteiger partial charge in [0.15, 0.2) is 3.70 Å². The Morgan fingerprint density at radius 2 is 1.46 bits per heavy atom. The summed E-state index contributed by atoms with van der Waals surface area (Å²) in [7, 11) is 0. The van der Waals surface area contributed by atoms with Crippen molar-refractivity contribution in [2.75, 3.05) is 6.54 Å². The van der Waals surface area contributed by atoms with Crippen molar-refractivity contribution in [3.63, 3.8) is 0 Å². The van der Waals surface area contributed by atoms with Gasteiger partial charge in [-0.3, -0.25) is 24.0 Å². The van der Waals surface area contributed by atoms with Crippen LogP contribution in [0.1, 0.15) is 27.1 Å². The Bertz CT molecular complexity index is 1070. The molecule has 0 atom stereocenters. The number of aromatic nitrogens is 2. The van der Waals surface area contributed by atoms with Crippen molar-refractivity contribution < 1.29 is 9.59 Å². The van der Waals surface area contributed by atoms with Crippen LogP contribution in [0.4, 0.5) is 0 Å². The van der Waals surface area contributed by atoms with E-state index in [9.17, 15) is 14.4 Å². The van der Waals surface area contributed by atoms with Gasteiger partial charge in [0.2, 0.25) is 5.43 Å². The molecule has 0 saturated carbocycles. The number of fused-ring (bicyclic) bond motifs is 2. The first-order valence-corrected chi connectivity index (χ1v) is 9.26. The predicted octanol–water partition coefficient (Wildman–Crippen LogP) is 2.69. The van der Waals surface area contributed by atoms with Crippen molar-refractivity contribution in [3.8, 4) is 0 Å². The van der Waals surface area contributed by atoms with Crippen LogP contribution in [0.15, 0.2) is 53.3 Å². The van der Waals surface area contributed by atoms with Crippen LogP contribution in [-0.4, -0.2) is 33.0 Å². The maximum absolute atomic E-state index is 12.4. The fourth-order valence-electron chi connectivity index (χ4n) is 3.20. The highest BCUT2D eigenvalue weighted by Gasteiger charge is 2.34. The van der Waals surface area contributed by atoms with Crippen molar-refractivity contribution >= 4 is 45.3 Å². The largest absolute Gasteiger partial charge is 0.286 e. The molecule has 0 aliphatic carbocycles. The van der Waals surface area contributed by atoms with Gasteiger partial charge in [0, 0.05) is 13.1 Å². The summed E-state index contributed by atoms with van der Waals surface area (Å²) in [6.45, 7) is 0.815. The molecule has 0 saturated heterocycles. The van der Waals surface area contributed by atoms with Crippen LogP contribution in [0.5, 0.6) is 0 Å². The molecule has 26 heavy (non-hydrogen) atoms. The molecule has 2 heterocycles. The topological polar surface area (TPSA) is 72.3 Å². The van der Waals surface area contributed by atoms with Crippen molar-refractivity contribution in [1.29, 1.82) is 0 Å². The molecule has 0 N–H and O–H groups in total. The van der Waals surface area contributed by atoms with E-state index in [0.717, 1.165) is 5.52 Å². The van der Waals surface area contributed by atoms with Gasteiger partial charge in [0.1, 0.15) is 0 Å². The summed E-state index contributed by atoms with van der Waals surface area (Å²) in [5.41, 5.74) is 1.58. The first-order valence-electron chi connectivity index (χ1n) is 8.18. The van der Waals surface area contributed by atoms with E-state index in [1.54, 1.807) is 35.0 Å². The monoisotopic (exact) mass is 459 g/mol. The summed E-state index contributed by atoms with van der Waals surface area (Å²) < 4.78 is 2.17. The smallest absolute Gasteiger partial charge is 0.261 e. The third-order valence-electron chi connectivity index (χ3n) is 4.45. The Morgan fingerprint density at radius 1 is 0.846 bits per heavy atom. The second kappa shape index (κ2) is 6.64. The van der Waals surface area contributed by atoms with Crippen LogP contribution in [0.3, 0.4) is 0 Å². The zero-order valence-electron chi connectivity index (χ0n) is 13.7. The summed E-state index contributed by atoms with van der Waals surface area (Å²) in [6, 6.07) is 14.2. The third kappa shape index (κ3) is 2.72. The van der Waals surface area contributed by atoms with E-state index in [-0.39, 0.29) is 17.2 Å². The molecule has 2 aromatic carbocycles. The number of para-hydroxylation sites is 1. The Labute approximate surface area is 162 Å². The van der Waals surface area contributed by atoms with Gasteiger partial charge in [-0.2, -0.15) is 5.10 Å². The number of benzene rings is 2. The van der Waals surface area contributed by atoms with Crippen LogP contribution in [0, 0.1) is 3.70 Å². The van der Waals surface area contributed by atoms with Gasteiger partial charge in [-0.15, -0.1) is 0 Å². The molecule has 0 bridgehead atoms. The molecule has 1 aromatic heterocycles. The van der Waals surface area contributed by atoms with Gasteiger partial charge >= 0.3 is 0 Å². The molecular formula is C19H14IN3O3. The van der Waals surface area contributed by atoms with E-state index in [1.165, 1.54) is 4.90 Å². The number of rotatable bonds is 4. The molecule has 1 aliphatic heterocycles. The van der Waals surface area contributed by atoms with Crippen LogP contribution in [-0.2, 0) is 6.54 Å². The number of carbonyl (C=O) groups is 2. The van der Waals surface area contributed by atoms with Crippen molar-refractivity contribution in [1.82, 2.24) is 14.7 Å². The van der Waals surface area contributed by atoms with Crippen molar-refractivity contribution in [3.05, 3.63) is 73.6 Å². The Morgan fingerprint density at radius 3 is 2.15 bits per heavy atom. The van der Waals surface area contributed by atoms with Gasteiger partial charge in [-0.1, -0.05) is 24.3 Å². The number of aryl methyl sites for hydroxylation is 1. The van der Waals surface area contributed by atoms with Gasteiger partial charge in [0.05, 0.1) is 22.0 Å². The Balaban J connectivity index is 1.54. The van der Waals surface area contributed by atoms with Crippen LogP contribution >= 0.6 is 22.6 Å². The van der Waals surface area contributed by atoms with E-state index in [1.807, 2.05) is 40.8 Å². The quantitative estimate of drug-likeness (QED) is 0.445. The molecule has 4 rings (SSSR count). The lowest BCUT2D eigenvalue weighted by Crippen LogP contribution is -2.31. The number of carbonyl (C=O) groups excluding carboxylic acids is 2. The first kappa shape index (κ1) is 16.9. The summed E-state index contributed by atoms with van der Waals surface area (Å²) >= 11 is 1.93. The second-order valence-corrected chi connectivity index (χ2v) is 7.04. The molecule has 130 valence electrons. The molecule has 0 spiro atoms. The summed E-state index contributed by atoms with van der Waals surface area (Å²) in [4.78, 5) is 38.3. The number of halogens is 1. The van der Waals surface area contributed by atoms with Crippen LogP contribution in [0.25, 0.3) is 10.9 Å². The highest BCUT2D eigenvalue weighted by molar-refractivity contribution is 14.1. The van der Waals surface area contributed by atoms with Crippen LogP contribution in [0.2, 0.25) is 0 Å². The van der Waals surface area contributed by atoms with Gasteiger partial charge < -0.3 is 0 Å². The minimum Gasteiger partial charge on any atom is -0.286 e. The third-order valence-corrected chi connectivity index (χ3v) is 5.16. The summed E-state index contributed by atoms with van der Waals surface area (Å²) in [5.74, 6) is -0.504. The molecular weight excluding hydrogens is 445 g/mol. The van der Waals surface area contributed by atoms with Gasteiger partial charge in [-0.05, 0) is 53.3 Å². The zero-order valence-corrected chi connectivity index (χ0v) is 15.8. The Hall–Kier alpha value is -2.55. The number of hydrogen-bond donors (Lipinski definition) is 0. The minimum atomic E-state index is -0.252. The standard InChI is InChI=1S/C19H14IN3O3/c20-17-16(24)14-8-3-4-9-15(14)23(21-17)11-5-10-22-18(25)12-6-1-2-7-13(12)19(22)26/h1-4,6-9H,5,10-11H2. The SMILES string of the molecule is O=C1c2ccccc2C(=O)N1CCCn1nc(I)c(=O)c2ccccc21. The fourth-order valence-corrected chi connectivity index (χ4v) is 3.75. The molecule has 0 unspecified atom stereocenters. The fraction of sp³-hybridized carbons (Fsp3) is 0.158. The minimum absolute atomic E-state index is 0.0854. The lowest BCUT2D eigenvalue weighted by atomic mass is 10.1. The zero-order chi connectivity index (χ0) is 18.3. The van der Waals surface area contributed by atoms with Crippen LogP contribution < -0.4 is 5.43 Å². The molecule has 6 nitrogen and oxygen atoms in total. The second-order valence-electron chi connectivity index (χ2n) is 6.02. The number of nitrogens with zero attached hydrogens (tertiary/aromatic N) is 3.